The van der Waals surface area contributed by atoms with Crippen molar-refractivity contribution in [3.63, 3.8) is 0 Å². The Morgan fingerprint density at radius 3 is 2.58 bits per heavy atom. The Labute approximate surface area is 195 Å². The van der Waals surface area contributed by atoms with Crippen LogP contribution in [0.15, 0.2) is 88.3 Å². The number of allylic oxidation sites excluding steroid dienone is 1. The summed E-state index contributed by atoms with van der Waals surface area (Å²) in [7, 11) is 0. The van der Waals surface area contributed by atoms with Crippen LogP contribution < -0.4 is 19.6 Å². The molecule has 3 aromatic rings. The van der Waals surface area contributed by atoms with E-state index in [9.17, 15) is 9.59 Å². The van der Waals surface area contributed by atoms with E-state index < -0.39 is 12.0 Å². The van der Waals surface area contributed by atoms with Crippen LogP contribution in [-0.4, -0.2) is 23.8 Å². The molecular formula is C26H24N2O4S. The molecule has 0 fully saturated rings. The average Bonchev–Trinajstić information content (AvgIpc) is 3.12. The van der Waals surface area contributed by atoms with Gasteiger partial charge in [0.25, 0.3) is 5.56 Å². The Morgan fingerprint density at radius 1 is 1.18 bits per heavy atom. The minimum Gasteiger partial charge on any atom is -0.490 e. The van der Waals surface area contributed by atoms with Gasteiger partial charge in [-0.05, 0) is 43.2 Å². The van der Waals surface area contributed by atoms with E-state index in [0.29, 0.717) is 27.2 Å². The quantitative estimate of drug-likeness (QED) is 0.401. The highest BCUT2D eigenvalue weighted by Gasteiger charge is 2.33. The second kappa shape index (κ2) is 9.83. The number of nitrogens with zero attached hydrogens (tertiary/aromatic N) is 2. The van der Waals surface area contributed by atoms with Crippen molar-refractivity contribution >= 4 is 23.4 Å². The Morgan fingerprint density at radius 2 is 1.91 bits per heavy atom. The Bertz CT molecular complexity index is 1380. The average molecular weight is 461 g/mol. The molecule has 1 unspecified atom stereocenters. The summed E-state index contributed by atoms with van der Waals surface area (Å²) in [6.45, 7) is 7.85. The van der Waals surface area contributed by atoms with Crippen LogP contribution in [0.3, 0.4) is 0 Å². The number of hydrogen-bond donors (Lipinski definition) is 0. The summed E-state index contributed by atoms with van der Waals surface area (Å²) < 4.78 is 12.9. The minimum atomic E-state index is -0.599. The first-order valence-electron chi connectivity index (χ1n) is 10.6. The van der Waals surface area contributed by atoms with E-state index in [-0.39, 0.29) is 12.2 Å². The van der Waals surface area contributed by atoms with Gasteiger partial charge in [-0.2, -0.15) is 0 Å². The molecule has 0 radical (unpaired) electrons. The van der Waals surface area contributed by atoms with Gasteiger partial charge >= 0.3 is 5.97 Å². The zero-order chi connectivity index (χ0) is 23.4. The molecule has 33 heavy (non-hydrogen) atoms. The van der Waals surface area contributed by atoms with Crippen molar-refractivity contribution in [1.29, 1.82) is 0 Å². The Balaban J connectivity index is 1.83. The lowest BCUT2D eigenvalue weighted by atomic mass is 9.96. The van der Waals surface area contributed by atoms with Gasteiger partial charge in [0.15, 0.2) is 4.80 Å². The lowest BCUT2D eigenvalue weighted by Gasteiger charge is -2.24. The lowest BCUT2D eigenvalue weighted by molar-refractivity contribution is -0.139. The number of rotatable bonds is 7. The van der Waals surface area contributed by atoms with Gasteiger partial charge in [-0.3, -0.25) is 9.36 Å². The Hall–Kier alpha value is -3.71. The number of hydrogen-bond acceptors (Lipinski definition) is 6. The van der Waals surface area contributed by atoms with Gasteiger partial charge in [0.1, 0.15) is 12.4 Å². The number of fused-ring (bicyclic) bond motifs is 1. The zero-order valence-electron chi connectivity index (χ0n) is 18.5. The monoisotopic (exact) mass is 460 g/mol. The predicted molar refractivity (Wildman–Crippen MR) is 129 cm³/mol. The van der Waals surface area contributed by atoms with Gasteiger partial charge in [0.2, 0.25) is 0 Å². The predicted octanol–water partition coefficient (Wildman–Crippen LogP) is 3.36. The third-order valence-corrected chi connectivity index (χ3v) is 6.16. The summed E-state index contributed by atoms with van der Waals surface area (Å²) in [5.41, 5.74) is 2.42. The van der Waals surface area contributed by atoms with Crippen LogP contribution in [0.4, 0.5) is 0 Å². The maximum Gasteiger partial charge on any atom is 0.338 e. The van der Waals surface area contributed by atoms with Crippen LogP contribution in [0.1, 0.15) is 31.0 Å². The van der Waals surface area contributed by atoms with E-state index >= 15 is 0 Å². The van der Waals surface area contributed by atoms with Crippen molar-refractivity contribution < 1.29 is 14.3 Å². The van der Waals surface area contributed by atoms with Crippen LogP contribution in [0, 0.1) is 0 Å². The number of carbonyl (C=O) groups is 1. The lowest BCUT2D eigenvalue weighted by Crippen LogP contribution is -2.39. The van der Waals surface area contributed by atoms with Crippen molar-refractivity contribution in [2.45, 2.75) is 19.9 Å². The molecule has 0 aliphatic carbocycles. The SMILES string of the molecule is C=CCOc1ccc(/C=c2/sc3n(c2=O)C(c2ccccc2)C(C(=O)OCC)=C(C)N=3)cc1. The van der Waals surface area contributed by atoms with E-state index in [1.165, 1.54) is 11.3 Å². The highest BCUT2D eigenvalue weighted by atomic mass is 32.1. The molecule has 1 aromatic heterocycles. The van der Waals surface area contributed by atoms with Crippen molar-refractivity contribution in [1.82, 2.24) is 4.57 Å². The largest absolute Gasteiger partial charge is 0.490 e. The number of esters is 1. The second-order valence-corrected chi connectivity index (χ2v) is 8.39. The zero-order valence-corrected chi connectivity index (χ0v) is 19.3. The fraction of sp³-hybridized carbons (Fsp3) is 0.192. The van der Waals surface area contributed by atoms with E-state index in [1.54, 1.807) is 24.5 Å². The number of benzene rings is 2. The summed E-state index contributed by atoms with van der Waals surface area (Å²) in [6.07, 6.45) is 3.51. The van der Waals surface area contributed by atoms with Crippen molar-refractivity contribution in [2.24, 2.45) is 4.99 Å². The molecule has 7 heteroatoms. The summed E-state index contributed by atoms with van der Waals surface area (Å²) in [5.74, 6) is 0.268. The van der Waals surface area contributed by atoms with Crippen molar-refractivity contribution in [2.75, 3.05) is 13.2 Å². The molecule has 2 heterocycles. The van der Waals surface area contributed by atoms with Crippen LogP contribution >= 0.6 is 11.3 Å². The van der Waals surface area contributed by atoms with Crippen LogP contribution in [0.2, 0.25) is 0 Å². The number of thiazole rings is 1. The molecule has 0 N–H and O–H groups in total. The highest BCUT2D eigenvalue weighted by Crippen LogP contribution is 2.30. The topological polar surface area (TPSA) is 69.9 Å². The summed E-state index contributed by atoms with van der Waals surface area (Å²) in [6, 6.07) is 16.4. The smallest absolute Gasteiger partial charge is 0.338 e. The van der Waals surface area contributed by atoms with E-state index in [1.807, 2.05) is 60.7 Å². The molecule has 6 nitrogen and oxygen atoms in total. The fourth-order valence-corrected chi connectivity index (χ4v) is 4.76. The molecular weight excluding hydrogens is 436 g/mol. The molecule has 0 spiro atoms. The van der Waals surface area contributed by atoms with Gasteiger partial charge in [-0.1, -0.05) is 66.5 Å². The first kappa shape index (κ1) is 22.5. The molecule has 4 rings (SSSR count). The third-order valence-electron chi connectivity index (χ3n) is 5.18. The summed E-state index contributed by atoms with van der Waals surface area (Å²) >= 11 is 1.30. The van der Waals surface area contributed by atoms with E-state index in [4.69, 9.17) is 9.47 Å². The van der Waals surface area contributed by atoms with Gasteiger partial charge in [0.05, 0.1) is 28.5 Å². The standard InChI is InChI=1S/C26H24N2O4S/c1-4-15-32-20-13-11-18(12-14-20)16-21-24(29)28-23(19-9-7-6-8-10-19)22(25(30)31-5-2)17(3)27-26(28)33-21/h4,6-14,16,23H,1,5,15H2,2-3H3/b21-16+. The van der Waals surface area contributed by atoms with Crippen LogP contribution in [-0.2, 0) is 9.53 Å². The van der Waals surface area contributed by atoms with E-state index in [0.717, 1.165) is 16.9 Å². The molecule has 168 valence electrons. The first-order valence-corrected chi connectivity index (χ1v) is 11.4. The number of carbonyl (C=O) groups excluding carboxylic acids is 1. The molecule has 1 aliphatic heterocycles. The van der Waals surface area contributed by atoms with Gasteiger partial charge in [-0.25, -0.2) is 9.79 Å². The minimum absolute atomic E-state index is 0.200. The van der Waals surface area contributed by atoms with Crippen molar-refractivity contribution in [3.05, 3.63) is 109 Å². The third kappa shape index (κ3) is 4.59. The molecule has 1 aliphatic rings. The van der Waals surface area contributed by atoms with Gasteiger partial charge in [-0.15, -0.1) is 0 Å². The molecule has 0 saturated carbocycles. The number of aromatic nitrogens is 1. The van der Waals surface area contributed by atoms with Gasteiger partial charge in [0, 0.05) is 0 Å². The maximum absolute atomic E-state index is 13.5. The molecule has 0 saturated heterocycles. The Kier molecular flexibility index (Phi) is 6.70. The van der Waals surface area contributed by atoms with Gasteiger partial charge < -0.3 is 9.47 Å². The maximum atomic E-state index is 13.5. The normalized spacial score (nSPS) is 15.6. The first-order chi connectivity index (χ1) is 16.0. The van der Waals surface area contributed by atoms with Crippen molar-refractivity contribution in [3.8, 4) is 5.75 Å². The molecule has 1 atom stereocenters. The second-order valence-electron chi connectivity index (χ2n) is 7.38. The van der Waals surface area contributed by atoms with Crippen LogP contribution in [0.5, 0.6) is 5.75 Å². The molecule has 2 aromatic carbocycles. The molecule has 0 bridgehead atoms. The molecule has 0 amide bonds. The van der Waals surface area contributed by atoms with E-state index in [2.05, 4.69) is 11.6 Å². The summed E-state index contributed by atoms with van der Waals surface area (Å²) in [5, 5.41) is 0. The number of ether oxygens (including phenoxy) is 2. The summed E-state index contributed by atoms with van der Waals surface area (Å²) in [4.78, 5) is 31.5. The fourth-order valence-electron chi connectivity index (χ4n) is 3.71. The van der Waals surface area contributed by atoms with Crippen LogP contribution in [0.25, 0.3) is 6.08 Å². The highest BCUT2D eigenvalue weighted by molar-refractivity contribution is 7.07.